The van der Waals surface area contributed by atoms with Crippen LogP contribution in [0.25, 0.3) is 0 Å². The normalized spacial score (nSPS) is 21.7. The number of piperazine rings is 2. The van der Waals surface area contributed by atoms with E-state index in [0.29, 0.717) is 0 Å². The first-order chi connectivity index (χ1) is 10.3. The summed E-state index contributed by atoms with van der Waals surface area (Å²) in [5, 5.41) is 3.40. The van der Waals surface area contributed by atoms with Crippen LogP contribution >= 0.6 is 0 Å². The summed E-state index contributed by atoms with van der Waals surface area (Å²) in [6.07, 6.45) is 3.80. The van der Waals surface area contributed by atoms with Gasteiger partial charge in [0, 0.05) is 77.8 Å². The summed E-state index contributed by atoms with van der Waals surface area (Å²) in [6.45, 7) is 13.4. The van der Waals surface area contributed by atoms with Crippen molar-refractivity contribution in [2.24, 2.45) is 0 Å². The molecule has 2 aliphatic rings. The van der Waals surface area contributed by atoms with Crippen molar-refractivity contribution in [1.82, 2.24) is 25.1 Å². The number of aryl methyl sites for hydroxylation is 1. The average Bonchev–Trinajstić information content (AvgIpc) is 2.55. The largest absolute Gasteiger partial charge is 0.338 e. The average molecular weight is 290 g/mol. The molecule has 0 saturated carbocycles. The van der Waals surface area contributed by atoms with E-state index in [0.717, 1.165) is 50.8 Å². The molecule has 116 valence electrons. The minimum atomic E-state index is 0.877. The highest BCUT2D eigenvalue weighted by Gasteiger charge is 2.19. The molecule has 0 amide bonds. The van der Waals surface area contributed by atoms with Crippen molar-refractivity contribution >= 4 is 5.95 Å². The molecular formula is C15H26N6. The quantitative estimate of drug-likeness (QED) is 0.830. The molecule has 2 saturated heterocycles. The van der Waals surface area contributed by atoms with Gasteiger partial charge in [0.25, 0.3) is 0 Å². The molecule has 1 aromatic rings. The van der Waals surface area contributed by atoms with Crippen molar-refractivity contribution in [2.45, 2.75) is 6.92 Å². The first-order valence-electron chi connectivity index (χ1n) is 8.00. The third-order valence-electron chi connectivity index (χ3n) is 4.36. The van der Waals surface area contributed by atoms with E-state index in [1.807, 2.05) is 19.3 Å². The second kappa shape index (κ2) is 7.15. The molecule has 0 unspecified atom stereocenters. The van der Waals surface area contributed by atoms with E-state index in [2.05, 4.69) is 30.0 Å². The first kappa shape index (κ1) is 14.7. The van der Waals surface area contributed by atoms with Crippen molar-refractivity contribution in [3.05, 3.63) is 18.0 Å². The van der Waals surface area contributed by atoms with E-state index in [1.165, 1.54) is 26.2 Å². The van der Waals surface area contributed by atoms with Crippen LogP contribution in [0.4, 0.5) is 5.95 Å². The Morgan fingerprint density at radius 2 is 1.48 bits per heavy atom. The Bertz CT molecular complexity index is 420. The molecule has 0 bridgehead atoms. The number of nitrogens with zero attached hydrogens (tertiary/aromatic N) is 5. The van der Waals surface area contributed by atoms with E-state index in [1.54, 1.807) is 0 Å². The van der Waals surface area contributed by atoms with Crippen molar-refractivity contribution in [3.8, 4) is 0 Å². The SMILES string of the molecule is Cc1cnc(N2CCN(CCN3CCNCC3)CC2)nc1. The Morgan fingerprint density at radius 1 is 0.905 bits per heavy atom. The van der Waals surface area contributed by atoms with Crippen molar-refractivity contribution in [1.29, 1.82) is 0 Å². The number of aromatic nitrogens is 2. The molecular weight excluding hydrogens is 264 g/mol. The molecule has 1 N–H and O–H groups in total. The zero-order valence-electron chi connectivity index (χ0n) is 13.0. The monoisotopic (exact) mass is 290 g/mol. The van der Waals surface area contributed by atoms with Gasteiger partial charge in [-0.05, 0) is 12.5 Å². The van der Waals surface area contributed by atoms with Gasteiger partial charge in [-0.25, -0.2) is 9.97 Å². The molecule has 21 heavy (non-hydrogen) atoms. The predicted molar refractivity (Wildman–Crippen MR) is 84.7 cm³/mol. The molecule has 6 heteroatoms. The topological polar surface area (TPSA) is 47.5 Å². The van der Waals surface area contributed by atoms with Crippen LogP contribution in [0.3, 0.4) is 0 Å². The molecule has 1 aromatic heterocycles. The molecule has 0 radical (unpaired) electrons. The minimum Gasteiger partial charge on any atom is -0.338 e. The minimum absolute atomic E-state index is 0.877. The third-order valence-corrected chi connectivity index (χ3v) is 4.36. The Balaban J connectivity index is 1.41. The Labute approximate surface area is 127 Å². The lowest BCUT2D eigenvalue weighted by molar-refractivity contribution is 0.183. The van der Waals surface area contributed by atoms with Crippen LogP contribution in [-0.4, -0.2) is 85.2 Å². The fourth-order valence-corrected chi connectivity index (χ4v) is 2.94. The summed E-state index contributed by atoms with van der Waals surface area (Å²) < 4.78 is 0. The van der Waals surface area contributed by atoms with Gasteiger partial charge >= 0.3 is 0 Å². The Hall–Kier alpha value is -1.24. The van der Waals surface area contributed by atoms with Crippen LogP contribution in [0.1, 0.15) is 5.56 Å². The maximum absolute atomic E-state index is 4.43. The summed E-state index contributed by atoms with van der Waals surface area (Å²) in [4.78, 5) is 16.3. The third kappa shape index (κ3) is 4.12. The summed E-state index contributed by atoms with van der Waals surface area (Å²) in [7, 11) is 0. The van der Waals surface area contributed by atoms with Crippen molar-refractivity contribution < 1.29 is 0 Å². The first-order valence-corrected chi connectivity index (χ1v) is 8.00. The molecule has 2 aliphatic heterocycles. The molecule has 0 aromatic carbocycles. The zero-order chi connectivity index (χ0) is 14.5. The number of rotatable bonds is 4. The van der Waals surface area contributed by atoms with Gasteiger partial charge in [-0.2, -0.15) is 0 Å². The van der Waals surface area contributed by atoms with Gasteiger partial charge < -0.3 is 10.2 Å². The van der Waals surface area contributed by atoms with Gasteiger partial charge in [-0.3, -0.25) is 9.80 Å². The highest BCUT2D eigenvalue weighted by Crippen LogP contribution is 2.10. The van der Waals surface area contributed by atoms with Crippen molar-refractivity contribution in [3.63, 3.8) is 0 Å². The van der Waals surface area contributed by atoms with Crippen LogP contribution in [0.15, 0.2) is 12.4 Å². The van der Waals surface area contributed by atoms with Gasteiger partial charge in [0.05, 0.1) is 0 Å². The smallest absolute Gasteiger partial charge is 0.225 e. The van der Waals surface area contributed by atoms with Crippen LogP contribution in [0.5, 0.6) is 0 Å². The second-order valence-corrected chi connectivity index (χ2v) is 5.98. The fraction of sp³-hybridized carbons (Fsp3) is 0.733. The number of hydrogen-bond donors (Lipinski definition) is 1. The Kier molecular flexibility index (Phi) is 5.00. The van der Waals surface area contributed by atoms with E-state index in [9.17, 15) is 0 Å². The van der Waals surface area contributed by atoms with Crippen LogP contribution in [0, 0.1) is 6.92 Å². The summed E-state index contributed by atoms with van der Waals surface area (Å²) >= 11 is 0. The highest BCUT2D eigenvalue weighted by molar-refractivity contribution is 5.30. The van der Waals surface area contributed by atoms with Gasteiger partial charge in [-0.15, -0.1) is 0 Å². The van der Waals surface area contributed by atoms with E-state index < -0.39 is 0 Å². The molecule has 0 spiro atoms. The highest BCUT2D eigenvalue weighted by atomic mass is 15.3. The van der Waals surface area contributed by atoms with Gasteiger partial charge in [0.2, 0.25) is 5.95 Å². The standard InChI is InChI=1S/C15H26N6/c1-14-12-17-15(18-13-14)21-10-8-20(9-11-21)7-6-19-4-2-16-3-5-19/h12-13,16H,2-11H2,1H3. The van der Waals surface area contributed by atoms with Gasteiger partial charge in [0.15, 0.2) is 0 Å². The van der Waals surface area contributed by atoms with Crippen LogP contribution in [-0.2, 0) is 0 Å². The maximum Gasteiger partial charge on any atom is 0.225 e. The lowest BCUT2D eigenvalue weighted by atomic mass is 10.3. The molecule has 6 nitrogen and oxygen atoms in total. The van der Waals surface area contributed by atoms with Gasteiger partial charge in [0.1, 0.15) is 0 Å². The van der Waals surface area contributed by atoms with Crippen LogP contribution in [0.2, 0.25) is 0 Å². The molecule has 0 aliphatic carbocycles. The van der Waals surface area contributed by atoms with E-state index in [4.69, 9.17) is 0 Å². The van der Waals surface area contributed by atoms with E-state index >= 15 is 0 Å². The fourth-order valence-electron chi connectivity index (χ4n) is 2.94. The maximum atomic E-state index is 4.43. The van der Waals surface area contributed by atoms with E-state index in [-0.39, 0.29) is 0 Å². The predicted octanol–water partition coefficient (Wildman–Crippen LogP) is -0.188. The van der Waals surface area contributed by atoms with Crippen LogP contribution < -0.4 is 10.2 Å². The number of nitrogens with one attached hydrogen (secondary N) is 1. The lowest BCUT2D eigenvalue weighted by Crippen LogP contribution is -2.51. The molecule has 0 atom stereocenters. The number of anilines is 1. The van der Waals surface area contributed by atoms with Crippen molar-refractivity contribution in [2.75, 3.05) is 70.3 Å². The number of hydrogen-bond acceptors (Lipinski definition) is 6. The summed E-state index contributed by atoms with van der Waals surface area (Å²) in [5.41, 5.74) is 1.12. The lowest BCUT2D eigenvalue weighted by Gasteiger charge is -2.36. The molecule has 2 fully saturated rings. The zero-order valence-corrected chi connectivity index (χ0v) is 13.0. The summed E-state index contributed by atoms with van der Waals surface area (Å²) in [6, 6.07) is 0. The molecule has 3 heterocycles. The second-order valence-electron chi connectivity index (χ2n) is 5.98. The van der Waals surface area contributed by atoms with Gasteiger partial charge in [-0.1, -0.05) is 0 Å². The Morgan fingerprint density at radius 3 is 2.10 bits per heavy atom. The summed E-state index contributed by atoms with van der Waals surface area (Å²) in [5.74, 6) is 0.877. The molecule has 3 rings (SSSR count).